The van der Waals surface area contributed by atoms with Crippen molar-refractivity contribution in [3.05, 3.63) is 34.9 Å². The average Bonchev–Trinajstić information content (AvgIpc) is 3.10. The van der Waals surface area contributed by atoms with Crippen molar-refractivity contribution in [2.24, 2.45) is 0 Å². The van der Waals surface area contributed by atoms with Gasteiger partial charge in [0.2, 0.25) is 11.8 Å². The van der Waals surface area contributed by atoms with Crippen LogP contribution in [0.5, 0.6) is 0 Å². The molecule has 1 spiro atoms. The van der Waals surface area contributed by atoms with Crippen molar-refractivity contribution in [2.75, 3.05) is 39.4 Å². The second-order valence-corrected chi connectivity index (χ2v) is 7.56. The van der Waals surface area contributed by atoms with Crippen LogP contribution in [0.4, 0.5) is 0 Å². The molecule has 2 saturated heterocycles. The van der Waals surface area contributed by atoms with E-state index >= 15 is 0 Å². The molecule has 2 aliphatic heterocycles. The molecule has 0 aliphatic carbocycles. The van der Waals surface area contributed by atoms with Crippen LogP contribution in [0.25, 0.3) is 0 Å². The molecule has 27 heavy (non-hydrogen) atoms. The third-order valence-electron chi connectivity index (χ3n) is 5.29. The summed E-state index contributed by atoms with van der Waals surface area (Å²) in [6.07, 6.45) is 2.48. The van der Waals surface area contributed by atoms with Gasteiger partial charge in [-0.15, -0.1) is 0 Å². The van der Waals surface area contributed by atoms with Crippen LogP contribution >= 0.6 is 11.6 Å². The van der Waals surface area contributed by atoms with E-state index in [4.69, 9.17) is 21.1 Å². The lowest BCUT2D eigenvalue weighted by Gasteiger charge is -2.37. The first-order valence-electron chi connectivity index (χ1n) is 9.53. The molecule has 0 bridgehead atoms. The third kappa shape index (κ3) is 5.43. The minimum absolute atomic E-state index is 0.0184. The molecule has 2 heterocycles. The Morgan fingerprint density at radius 2 is 1.89 bits per heavy atom. The van der Waals surface area contributed by atoms with Crippen molar-refractivity contribution < 1.29 is 19.1 Å². The molecule has 1 aromatic carbocycles. The summed E-state index contributed by atoms with van der Waals surface area (Å²) in [7, 11) is 0. The largest absolute Gasteiger partial charge is 0.347 e. The monoisotopic (exact) mass is 394 g/mol. The molecule has 2 amide bonds. The van der Waals surface area contributed by atoms with Gasteiger partial charge < -0.3 is 19.3 Å². The molecule has 0 unspecified atom stereocenters. The second kappa shape index (κ2) is 9.04. The van der Waals surface area contributed by atoms with Crippen LogP contribution in [0.1, 0.15) is 31.7 Å². The van der Waals surface area contributed by atoms with Gasteiger partial charge in [-0.1, -0.05) is 23.7 Å². The van der Waals surface area contributed by atoms with E-state index in [1.54, 1.807) is 11.8 Å². The van der Waals surface area contributed by atoms with Gasteiger partial charge in [0.15, 0.2) is 5.79 Å². The molecular weight excluding hydrogens is 368 g/mol. The molecule has 1 aromatic rings. The topological polar surface area (TPSA) is 59.1 Å². The van der Waals surface area contributed by atoms with Crippen LogP contribution in [0.15, 0.2) is 24.3 Å². The Morgan fingerprint density at radius 3 is 2.52 bits per heavy atom. The number of carbonyl (C=O) groups is 2. The van der Waals surface area contributed by atoms with Gasteiger partial charge in [0.25, 0.3) is 0 Å². The molecule has 148 valence electrons. The Hall–Kier alpha value is -1.63. The van der Waals surface area contributed by atoms with Crippen LogP contribution in [0.3, 0.4) is 0 Å². The Labute approximate surface area is 165 Å². The maximum atomic E-state index is 12.5. The van der Waals surface area contributed by atoms with Crippen molar-refractivity contribution in [3.8, 4) is 0 Å². The van der Waals surface area contributed by atoms with Crippen molar-refractivity contribution in [1.82, 2.24) is 9.80 Å². The maximum Gasteiger partial charge on any atom is 0.224 e. The number of nitrogens with zero attached hydrogens (tertiary/aromatic N) is 2. The SMILES string of the molecule is CC(=O)N(CCC(=O)N1CCC2(CC1)OCCO2)CCc1cccc(Cl)c1. The highest BCUT2D eigenvalue weighted by Crippen LogP contribution is 2.31. The number of hydrogen-bond donors (Lipinski definition) is 0. The molecule has 6 nitrogen and oxygen atoms in total. The lowest BCUT2D eigenvalue weighted by molar-refractivity contribution is -0.187. The van der Waals surface area contributed by atoms with Crippen LogP contribution in [-0.4, -0.2) is 66.8 Å². The van der Waals surface area contributed by atoms with Gasteiger partial charge in [-0.25, -0.2) is 0 Å². The Kier molecular flexibility index (Phi) is 6.73. The Morgan fingerprint density at radius 1 is 1.19 bits per heavy atom. The van der Waals surface area contributed by atoms with Gasteiger partial charge >= 0.3 is 0 Å². The van der Waals surface area contributed by atoms with Crippen LogP contribution in [0, 0.1) is 0 Å². The number of carbonyl (C=O) groups excluding carboxylic acids is 2. The fraction of sp³-hybridized carbons (Fsp3) is 0.600. The van der Waals surface area contributed by atoms with Gasteiger partial charge in [0, 0.05) is 57.4 Å². The van der Waals surface area contributed by atoms with E-state index in [1.807, 2.05) is 29.2 Å². The van der Waals surface area contributed by atoms with Gasteiger partial charge in [-0.3, -0.25) is 9.59 Å². The van der Waals surface area contributed by atoms with E-state index in [0.717, 1.165) is 12.0 Å². The van der Waals surface area contributed by atoms with E-state index in [0.29, 0.717) is 63.7 Å². The van der Waals surface area contributed by atoms with Crippen molar-refractivity contribution in [3.63, 3.8) is 0 Å². The maximum absolute atomic E-state index is 12.5. The molecule has 0 aromatic heterocycles. The fourth-order valence-electron chi connectivity index (χ4n) is 3.65. The molecule has 2 fully saturated rings. The van der Waals surface area contributed by atoms with Gasteiger partial charge in [0.05, 0.1) is 13.2 Å². The molecule has 0 saturated carbocycles. The number of benzene rings is 1. The number of halogens is 1. The molecule has 3 rings (SSSR count). The zero-order chi connectivity index (χ0) is 19.3. The standard InChI is InChI=1S/C20H27ClN2O4/c1-16(24)22(9-5-17-3-2-4-18(21)15-17)10-6-19(25)23-11-7-20(8-12-23)26-13-14-27-20/h2-4,15H,5-14H2,1H3. The van der Waals surface area contributed by atoms with Crippen molar-refractivity contribution in [1.29, 1.82) is 0 Å². The van der Waals surface area contributed by atoms with Crippen molar-refractivity contribution >= 4 is 23.4 Å². The Balaban J connectivity index is 1.44. The normalized spacial score (nSPS) is 18.7. The molecule has 7 heteroatoms. The summed E-state index contributed by atoms with van der Waals surface area (Å²) in [5, 5.41) is 0.690. The lowest BCUT2D eigenvalue weighted by Crippen LogP contribution is -2.48. The first-order valence-corrected chi connectivity index (χ1v) is 9.91. The minimum Gasteiger partial charge on any atom is -0.347 e. The number of piperidine rings is 1. The predicted octanol–water partition coefficient (Wildman–Crippen LogP) is 2.49. The summed E-state index contributed by atoms with van der Waals surface area (Å²) >= 11 is 6.01. The first kappa shape index (κ1) is 20.1. The molecule has 2 aliphatic rings. The van der Waals surface area contributed by atoms with E-state index in [1.165, 1.54) is 0 Å². The summed E-state index contributed by atoms with van der Waals surface area (Å²) in [6, 6.07) is 7.63. The molecular formula is C20H27ClN2O4. The lowest BCUT2D eigenvalue weighted by atomic mass is 10.0. The van der Waals surface area contributed by atoms with Gasteiger partial charge in [-0.05, 0) is 24.1 Å². The van der Waals surface area contributed by atoms with Crippen LogP contribution in [0.2, 0.25) is 5.02 Å². The number of amides is 2. The fourth-order valence-corrected chi connectivity index (χ4v) is 3.87. The van der Waals surface area contributed by atoms with E-state index in [9.17, 15) is 9.59 Å². The average molecular weight is 395 g/mol. The quantitative estimate of drug-likeness (QED) is 0.743. The number of rotatable bonds is 6. The smallest absolute Gasteiger partial charge is 0.224 e. The summed E-state index contributed by atoms with van der Waals surface area (Å²) in [6.45, 7) is 5.10. The van der Waals surface area contributed by atoms with E-state index in [-0.39, 0.29) is 11.8 Å². The highest BCUT2D eigenvalue weighted by Gasteiger charge is 2.40. The highest BCUT2D eigenvalue weighted by atomic mass is 35.5. The highest BCUT2D eigenvalue weighted by molar-refractivity contribution is 6.30. The van der Waals surface area contributed by atoms with Crippen LogP contribution < -0.4 is 0 Å². The van der Waals surface area contributed by atoms with E-state index in [2.05, 4.69) is 0 Å². The zero-order valence-electron chi connectivity index (χ0n) is 15.8. The minimum atomic E-state index is -0.473. The summed E-state index contributed by atoms with van der Waals surface area (Å²) < 4.78 is 11.4. The third-order valence-corrected chi connectivity index (χ3v) is 5.53. The zero-order valence-corrected chi connectivity index (χ0v) is 16.5. The summed E-state index contributed by atoms with van der Waals surface area (Å²) in [4.78, 5) is 28.1. The summed E-state index contributed by atoms with van der Waals surface area (Å²) in [5.74, 6) is -0.411. The Bertz CT molecular complexity index is 666. The summed E-state index contributed by atoms with van der Waals surface area (Å²) in [5.41, 5.74) is 1.08. The predicted molar refractivity (Wildman–Crippen MR) is 102 cm³/mol. The second-order valence-electron chi connectivity index (χ2n) is 7.12. The van der Waals surface area contributed by atoms with E-state index < -0.39 is 5.79 Å². The number of hydrogen-bond acceptors (Lipinski definition) is 4. The molecule has 0 atom stereocenters. The molecule has 0 radical (unpaired) electrons. The van der Waals surface area contributed by atoms with Gasteiger partial charge in [-0.2, -0.15) is 0 Å². The van der Waals surface area contributed by atoms with Crippen LogP contribution in [-0.2, 0) is 25.5 Å². The first-order chi connectivity index (χ1) is 13.0. The molecule has 0 N–H and O–H groups in total. The number of likely N-dealkylation sites (tertiary alicyclic amines) is 1. The van der Waals surface area contributed by atoms with Crippen molar-refractivity contribution in [2.45, 2.75) is 38.4 Å². The number of ether oxygens (including phenoxy) is 2. The van der Waals surface area contributed by atoms with Gasteiger partial charge in [0.1, 0.15) is 0 Å².